The molecule has 5 aromatic rings. The van der Waals surface area contributed by atoms with Crippen molar-refractivity contribution in [2.75, 3.05) is 4.90 Å². The second-order valence-electron chi connectivity index (χ2n) is 9.22. The average Bonchev–Trinajstić information content (AvgIpc) is 2.95. The molecule has 0 saturated carbocycles. The Bertz CT molecular complexity index is 1610. The molecule has 8 heteroatoms. The predicted molar refractivity (Wildman–Crippen MR) is 142 cm³/mol. The molecule has 1 heterocycles. The minimum atomic E-state index is -4.94. The van der Waals surface area contributed by atoms with Crippen molar-refractivity contribution in [3.05, 3.63) is 126 Å². The molecule has 0 fully saturated rings. The smallest absolute Gasteiger partial charge is 0.417 e. The summed E-state index contributed by atoms with van der Waals surface area (Å²) in [5.41, 5.74) is 0.287. The summed E-state index contributed by atoms with van der Waals surface area (Å²) in [6.07, 6.45) is -9.89. The van der Waals surface area contributed by atoms with Crippen LogP contribution in [0.15, 0.2) is 115 Å². The number of halogens is 6. The van der Waals surface area contributed by atoms with E-state index in [2.05, 4.69) is 4.90 Å². The van der Waals surface area contributed by atoms with Crippen LogP contribution in [-0.4, -0.2) is 0 Å². The predicted octanol–water partition coefficient (Wildman–Crippen LogP) is 10.6. The molecule has 200 valence electrons. The monoisotopic (exact) mass is 547 g/mol. The molecule has 0 amide bonds. The molecule has 0 atom stereocenters. The van der Waals surface area contributed by atoms with E-state index >= 15 is 0 Å². The SMILES string of the molecule is FC(F)(F)c1cccc(C(F)(F)F)c1-c1ccc(-c2ccc(N3c4ccccc4Oc4ccccc43)cc2)cc1. The zero-order valence-electron chi connectivity index (χ0n) is 20.6. The normalized spacial score (nSPS) is 12.9. The van der Waals surface area contributed by atoms with Crippen LogP contribution in [0.25, 0.3) is 22.3 Å². The van der Waals surface area contributed by atoms with Crippen LogP contribution < -0.4 is 9.64 Å². The number of fused-ring (bicyclic) bond motifs is 2. The maximum Gasteiger partial charge on any atom is 0.417 e. The highest BCUT2D eigenvalue weighted by Gasteiger charge is 2.41. The summed E-state index contributed by atoms with van der Waals surface area (Å²) in [5.74, 6) is 1.41. The summed E-state index contributed by atoms with van der Waals surface area (Å²) in [7, 11) is 0. The van der Waals surface area contributed by atoms with Crippen LogP contribution >= 0.6 is 0 Å². The van der Waals surface area contributed by atoms with Crippen molar-refractivity contribution in [2.24, 2.45) is 0 Å². The van der Waals surface area contributed by atoms with Crippen molar-refractivity contribution < 1.29 is 31.1 Å². The molecule has 0 bridgehead atoms. The summed E-state index contributed by atoms with van der Waals surface area (Å²) in [5, 5.41) is 0. The third-order valence-corrected chi connectivity index (χ3v) is 6.74. The first-order chi connectivity index (χ1) is 19.1. The van der Waals surface area contributed by atoms with E-state index in [-0.39, 0.29) is 5.56 Å². The molecular formula is C32H19F6NO. The van der Waals surface area contributed by atoms with Crippen molar-refractivity contribution in [1.82, 2.24) is 0 Å². The van der Waals surface area contributed by atoms with Gasteiger partial charge in [-0.1, -0.05) is 66.7 Å². The number of alkyl halides is 6. The fraction of sp³-hybridized carbons (Fsp3) is 0.0625. The van der Waals surface area contributed by atoms with E-state index in [9.17, 15) is 26.3 Å². The molecule has 0 radical (unpaired) electrons. The Labute approximate surface area is 225 Å². The average molecular weight is 547 g/mol. The first-order valence-corrected chi connectivity index (χ1v) is 12.3. The highest BCUT2D eigenvalue weighted by Crippen LogP contribution is 2.50. The number of hydrogen-bond donors (Lipinski definition) is 0. The van der Waals surface area contributed by atoms with Gasteiger partial charge in [-0.25, -0.2) is 0 Å². The van der Waals surface area contributed by atoms with Gasteiger partial charge in [0.2, 0.25) is 0 Å². The summed E-state index contributed by atoms with van der Waals surface area (Å²) >= 11 is 0. The lowest BCUT2D eigenvalue weighted by atomic mass is 9.92. The van der Waals surface area contributed by atoms with E-state index in [0.717, 1.165) is 28.7 Å². The number of ether oxygens (including phenoxy) is 1. The van der Waals surface area contributed by atoms with Crippen molar-refractivity contribution in [3.63, 3.8) is 0 Å². The zero-order chi connectivity index (χ0) is 28.1. The van der Waals surface area contributed by atoms with Gasteiger partial charge in [-0.3, -0.25) is 0 Å². The number of benzene rings is 5. The van der Waals surface area contributed by atoms with Gasteiger partial charge in [0.1, 0.15) is 0 Å². The van der Waals surface area contributed by atoms with E-state index in [1.165, 1.54) is 24.3 Å². The summed E-state index contributed by atoms with van der Waals surface area (Å²) in [6, 6.07) is 30.5. The van der Waals surface area contributed by atoms with Crippen molar-refractivity contribution in [3.8, 4) is 33.8 Å². The van der Waals surface area contributed by atoms with Gasteiger partial charge in [-0.2, -0.15) is 26.3 Å². The highest BCUT2D eigenvalue weighted by atomic mass is 19.4. The van der Waals surface area contributed by atoms with Gasteiger partial charge in [0.15, 0.2) is 11.5 Å². The third kappa shape index (κ3) is 4.55. The van der Waals surface area contributed by atoms with Gasteiger partial charge in [-0.15, -0.1) is 0 Å². The van der Waals surface area contributed by atoms with Crippen molar-refractivity contribution in [1.29, 1.82) is 0 Å². The fourth-order valence-electron chi connectivity index (χ4n) is 4.95. The fourth-order valence-corrected chi connectivity index (χ4v) is 4.95. The molecule has 1 aliphatic heterocycles. The quantitative estimate of drug-likeness (QED) is 0.204. The van der Waals surface area contributed by atoms with E-state index in [4.69, 9.17) is 4.74 Å². The maximum atomic E-state index is 13.6. The van der Waals surface area contributed by atoms with E-state index < -0.39 is 29.0 Å². The molecule has 0 spiro atoms. The topological polar surface area (TPSA) is 12.5 Å². The van der Waals surface area contributed by atoms with Crippen LogP contribution in [0, 0.1) is 0 Å². The zero-order valence-corrected chi connectivity index (χ0v) is 20.6. The summed E-state index contributed by atoms with van der Waals surface area (Å²) < 4.78 is 87.9. The lowest BCUT2D eigenvalue weighted by molar-refractivity contribution is -0.142. The lowest BCUT2D eigenvalue weighted by Gasteiger charge is -2.32. The molecule has 0 saturated heterocycles. The second-order valence-corrected chi connectivity index (χ2v) is 9.22. The van der Waals surface area contributed by atoms with Gasteiger partial charge in [0.25, 0.3) is 0 Å². The van der Waals surface area contributed by atoms with Gasteiger partial charge < -0.3 is 9.64 Å². The van der Waals surface area contributed by atoms with E-state index in [1.807, 2.05) is 72.8 Å². The van der Waals surface area contributed by atoms with Crippen molar-refractivity contribution >= 4 is 17.1 Å². The van der Waals surface area contributed by atoms with Gasteiger partial charge in [-0.05, 0) is 65.2 Å². The largest absolute Gasteiger partial charge is 0.453 e. The first kappa shape index (κ1) is 25.6. The summed E-state index contributed by atoms with van der Waals surface area (Å²) in [4.78, 5) is 2.06. The molecule has 2 nitrogen and oxygen atoms in total. The molecule has 5 aromatic carbocycles. The van der Waals surface area contributed by atoms with E-state index in [1.54, 1.807) is 0 Å². The molecule has 0 aliphatic carbocycles. The van der Waals surface area contributed by atoms with Crippen molar-refractivity contribution in [2.45, 2.75) is 12.4 Å². The Morgan fingerprint density at radius 1 is 0.450 bits per heavy atom. The number of rotatable bonds is 3. The minimum absolute atomic E-state index is 0.165. The van der Waals surface area contributed by atoms with Crippen LogP contribution in [0.4, 0.5) is 43.4 Å². The van der Waals surface area contributed by atoms with Crippen LogP contribution in [-0.2, 0) is 12.4 Å². The Morgan fingerprint density at radius 2 is 0.875 bits per heavy atom. The number of nitrogens with zero attached hydrogens (tertiary/aromatic N) is 1. The van der Waals surface area contributed by atoms with Gasteiger partial charge in [0, 0.05) is 11.3 Å². The molecule has 1 aliphatic rings. The minimum Gasteiger partial charge on any atom is -0.453 e. The number of hydrogen-bond acceptors (Lipinski definition) is 2. The Morgan fingerprint density at radius 3 is 1.35 bits per heavy atom. The summed E-state index contributed by atoms with van der Waals surface area (Å²) in [6.45, 7) is 0. The molecular weight excluding hydrogens is 528 g/mol. The van der Waals surface area contributed by atoms with Gasteiger partial charge in [0.05, 0.1) is 22.5 Å². The van der Waals surface area contributed by atoms with Crippen LogP contribution in [0.2, 0.25) is 0 Å². The first-order valence-electron chi connectivity index (χ1n) is 12.3. The molecule has 40 heavy (non-hydrogen) atoms. The third-order valence-electron chi connectivity index (χ3n) is 6.74. The Hall–Kier alpha value is -4.72. The molecule has 0 aromatic heterocycles. The van der Waals surface area contributed by atoms with Crippen LogP contribution in [0.5, 0.6) is 11.5 Å². The van der Waals surface area contributed by atoms with Crippen LogP contribution in [0.3, 0.4) is 0 Å². The standard InChI is InChI=1S/C32H19F6NO/c33-31(34,35)24-6-5-7-25(32(36,37)38)30(24)22-14-12-20(13-15-22)21-16-18-23(19-17-21)39-26-8-1-3-10-28(26)40-29-11-4-2-9-27(29)39/h1-19H. The number of anilines is 3. The molecule has 0 unspecified atom stereocenters. The molecule has 0 N–H and O–H groups in total. The number of para-hydroxylation sites is 4. The van der Waals surface area contributed by atoms with E-state index in [0.29, 0.717) is 29.2 Å². The maximum absolute atomic E-state index is 13.6. The lowest BCUT2D eigenvalue weighted by Crippen LogP contribution is -2.15. The van der Waals surface area contributed by atoms with Crippen LogP contribution in [0.1, 0.15) is 11.1 Å². The highest BCUT2D eigenvalue weighted by molar-refractivity contribution is 5.86. The Balaban J connectivity index is 1.36. The molecule has 6 rings (SSSR count). The van der Waals surface area contributed by atoms with Gasteiger partial charge >= 0.3 is 12.4 Å². The second kappa shape index (κ2) is 9.48. The Kier molecular flexibility index (Phi) is 6.06.